The first-order valence-electron chi connectivity index (χ1n) is 7.32. The lowest BCUT2D eigenvalue weighted by atomic mass is 9.93. The van der Waals surface area contributed by atoms with Gasteiger partial charge in [-0.15, -0.1) is 0 Å². The summed E-state index contributed by atoms with van der Waals surface area (Å²) < 4.78 is 5.11. The number of halogens is 2. The molecule has 0 amide bonds. The van der Waals surface area contributed by atoms with E-state index in [0.717, 1.165) is 0 Å². The molecule has 0 aliphatic carbocycles. The van der Waals surface area contributed by atoms with Crippen LogP contribution in [0.1, 0.15) is 32.3 Å². The zero-order valence-electron chi connectivity index (χ0n) is 13.4. The van der Waals surface area contributed by atoms with E-state index in [1.807, 2.05) is 0 Å². The number of carbonyl (C=O) groups excluding carboxylic acids is 1. The molecule has 0 radical (unpaired) electrons. The van der Waals surface area contributed by atoms with Crippen molar-refractivity contribution in [2.75, 3.05) is 6.61 Å². The van der Waals surface area contributed by atoms with Gasteiger partial charge in [-0.25, -0.2) is 9.59 Å². The standard InChI is InChI=1S/C17H17Cl2NO4/c1-4-24-17(23)13-9(3)20-8(2)12(16(21)22)14(13)10-6-5-7-11(18)15(10)19/h5-7,14,20H,4H2,1-3H3,(H,21,22)/i3+1,9+1,13+1,17+1. The Balaban J connectivity index is 2.73. The van der Waals surface area contributed by atoms with Crippen molar-refractivity contribution < 1.29 is 19.4 Å². The average molecular weight is 374 g/mol. The van der Waals surface area contributed by atoms with Crippen LogP contribution in [0.5, 0.6) is 0 Å². The minimum atomic E-state index is -1.14. The number of carboxylic acids is 1. The smallest absolute Gasteiger partial charge is 0.336 e. The molecule has 2 N–H and O–H groups in total. The highest BCUT2D eigenvalue weighted by Gasteiger charge is 2.38. The Morgan fingerprint density at radius 1 is 1.21 bits per heavy atom. The largest absolute Gasteiger partial charge is 0.478 e. The first kappa shape index (κ1) is 18.4. The number of hydrogen-bond acceptors (Lipinski definition) is 4. The number of carboxylic acid groups (broad SMARTS) is 1. The molecule has 5 nitrogen and oxygen atoms in total. The monoisotopic (exact) mass is 373 g/mol. The summed E-state index contributed by atoms with van der Waals surface area (Å²) in [6, 6.07) is 4.93. The van der Waals surface area contributed by atoms with Crippen LogP contribution in [-0.4, -0.2) is 23.7 Å². The highest BCUT2D eigenvalue weighted by Crippen LogP contribution is 2.43. The fourth-order valence-electron chi connectivity index (χ4n) is 2.81. The van der Waals surface area contributed by atoms with Gasteiger partial charge in [0.15, 0.2) is 0 Å². The number of rotatable bonds is 4. The lowest BCUT2D eigenvalue weighted by Gasteiger charge is -2.30. The van der Waals surface area contributed by atoms with Crippen molar-refractivity contribution in [1.82, 2.24) is 5.32 Å². The summed E-state index contributed by atoms with van der Waals surface area (Å²) in [6.45, 7) is 5.20. The molecule has 1 aliphatic rings. The molecular weight excluding hydrogens is 357 g/mol. The van der Waals surface area contributed by atoms with Crippen LogP contribution in [0.25, 0.3) is 0 Å². The summed E-state index contributed by atoms with van der Waals surface area (Å²) in [5, 5.41) is 13.1. The van der Waals surface area contributed by atoms with Gasteiger partial charge in [0.2, 0.25) is 0 Å². The Bertz CT molecular complexity index is 768. The fourth-order valence-corrected chi connectivity index (χ4v) is 3.23. The van der Waals surface area contributed by atoms with Gasteiger partial charge in [-0.2, -0.15) is 0 Å². The van der Waals surface area contributed by atoms with E-state index in [1.54, 1.807) is 39.0 Å². The fraction of sp³-hybridized carbons (Fsp3) is 0.294. The number of hydrogen-bond donors (Lipinski definition) is 2. The zero-order valence-corrected chi connectivity index (χ0v) is 15.0. The van der Waals surface area contributed by atoms with E-state index in [1.165, 1.54) is 0 Å². The van der Waals surface area contributed by atoms with Gasteiger partial charge < -0.3 is 15.2 Å². The molecule has 1 aromatic carbocycles. The maximum absolute atomic E-state index is 12.5. The predicted octanol–water partition coefficient (Wildman–Crippen LogP) is 3.88. The number of carbonyl (C=O) groups is 2. The van der Waals surface area contributed by atoms with Gasteiger partial charge in [-0.05, 0) is 32.4 Å². The Labute approximate surface area is 149 Å². The van der Waals surface area contributed by atoms with Gasteiger partial charge in [-0.1, -0.05) is 35.3 Å². The lowest BCUT2D eigenvalue weighted by Crippen LogP contribution is -2.32. The highest BCUT2D eigenvalue weighted by molar-refractivity contribution is 6.42. The number of allylic oxidation sites excluding steroid dienone is 2. The molecule has 0 saturated heterocycles. The molecule has 1 aromatic rings. The molecule has 0 saturated carbocycles. The van der Waals surface area contributed by atoms with Crippen molar-refractivity contribution in [1.29, 1.82) is 0 Å². The van der Waals surface area contributed by atoms with Gasteiger partial charge in [0.05, 0.1) is 33.7 Å². The minimum Gasteiger partial charge on any atom is -0.478 e. The highest BCUT2D eigenvalue weighted by atomic mass is 35.5. The first-order chi connectivity index (χ1) is 11.3. The molecule has 2 rings (SSSR count). The SMILES string of the molecule is CCO[13C](=O)[13C]1=[13C]([13CH3])NC(C)=C(C(=O)O)C1c1cccc(Cl)c1Cl. The lowest BCUT2D eigenvalue weighted by molar-refractivity contribution is -0.138. The van der Waals surface area contributed by atoms with Gasteiger partial charge in [0.25, 0.3) is 0 Å². The molecule has 0 aromatic heterocycles. The number of ether oxygens (including phenoxy) is 1. The third-order valence-electron chi connectivity index (χ3n) is 3.78. The number of nitrogens with one attached hydrogen (secondary N) is 1. The molecule has 128 valence electrons. The van der Waals surface area contributed by atoms with Gasteiger partial charge in [0, 0.05) is 11.4 Å². The molecule has 0 bridgehead atoms. The molecule has 1 atom stereocenters. The van der Waals surface area contributed by atoms with E-state index in [-0.39, 0.29) is 27.8 Å². The Morgan fingerprint density at radius 2 is 1.83 bits per heavy atom. The van der Waals surface area contributed by atoms with Crippen LogP contribution in [0.3, 0.4) is 0 Å². The molecule has 1 aliphatic heterocycles. The topological polar surface area (TPSA) is 75.6 Å². The van der Waals surface area contributed by atoms with Gasteiger partial charge in [-0.3, -0.25) is 0 Å². The number of esters is 1. The van der Waals surface area contributed by atoms with Crippen LogP contribution in [0.4, 0.5) is 0 Å². The van der Waals surface area contributed by atoms with Gasteiger partial charge >= 0.3 is 11.9 Å². The minimum absolute atomic E-state index is 0.0350. The van der Waals surface area contributed by atoms with Crippen LogP contribution in [0, 0.1) is 0 Å². The summed E-state index contributed by atoms with van der Waals surface area (Å²) >= 11 is 12.4. The van der Waals surface area contributed by atoms with Crippen LogP contribution < -0.4 is 5.32 Å². The van der Waals surface area contributed by atoms with Crippen molar-refractivity contribution in [2.24, 2.45) is 0 Å². The maximum atomic E-state index is 12.5. The Kier molecular flexibility index (Phi) is 5.57. The van der Waals surface area contributed by atoms with Crippen LogP contribution in [0.2, 0.25) is 10.0 Å². The van der Waals surface area contributed by atoms with E-state index in [0.29, 0.717) is 17.0 Å². The third-order valence-corrected chi connectivity index (χ3v) is 4.61. The summed E-state index contributed by atoms with van der Waals surface area (Å²) in [4.78, 5) is 24.3. The second-order valence-electron chi connectivity index (χ2n) is 5.30. The normalized spacial score (nSPS) is 17.6. The quantitative estimate of drug-likeness (QED) is 0.618. The Hall–Kier alpha value is -1.98. The van der Waals surface area contributed by atoms with E-state index in [9.17, 15) is 14.7 Å². The molecule has 1 unspecified atom stereocenters. The average Bonchev–Trinajstić information content (AvgIpc) is 2.49. The Morgan fingerprint density at radius 3 is 2.42 bits per heavy atom. The molecule has 1 heterocycles. The molecule has 7 heteroatoms. The second kappa shape index (κ2) is 7.28. The summed E-state index contributed by atoms with van der Waals surface area (Å²) in [5.74, 6) is -2.60. The number of aliphatic carboxylic acids is 1. The van der Waals surface area contributed by atoms with E-state index >= 15 is 0 Å². The van der Waals surface area contributed by atoms with Gasteiger partial charge in [0.1, 0.15) is 0 Å². The van der Waals surface area contributed by atoms with Crippen LogP contribution in [-0.2, 0) is 14.3 Å². The first-order valence-corrected chi connectivity index (χ1v) is 8.08. The van der Waals surface area contributed by atoms with E-state index in [4.69, 9.17) is 27.9 Å². The van der Waals surface area contributed by atoms with Crippen molar-refractivity contribution >= 4 is 35.1 Å². The van der Waals surface area contributed by atoms with E-state index in [2.05, 4.69) is 5.32 Å². The molecular formula is C17H17Cl2NO4. The predicted molar refractivity (Wildman–Crippen MR) is 92.0 cm³/mol. The zero-order chi connectivity index (χ0) is 18.0. The number of dihydropyridines is 1. The molecule has 0 spiro atoms. The van der Waals surface area contributed by atoms with Crippen molar-refractivity contribution in [3.05, 3.63) is 56.3 Å². The number of benzene rings is 1. The molecule has 24 heavy (non-hydrogen) atoms. The van der Waals surface area contributed by atoms with Crippen molar-refractivity contribution in [2.45, 2.75) is 26.7 Å². The van der Waals surface area contributed by atoms with Crippen LogP contribution in [0.15, 0.2) is 40.7 Å². The maximum Gasteiger partial charge on any atom is 0.336 e. The third kappa shape index (κ3) is 3.28. The summed E-state index contributed by atoms with van der Waals surface area (Å²) in [5.41, 5.74) is 1.66. The van der Waals surface area contributed by atoms with Crippen molar-refractivity contribution in [3.8, 4) is 0 Å². The summed E-state index contributed by atoms with van der Waals surface area (Å²) in [6.07, 6.45) is 0. The second-order valence-corrected chi connectivity index (χ2v) is 6.09. The van der Waals surface area contributed by atoms with Crippen molar-refractivity contribution in [3.63, 3.8) is 0 Å². The molecule has 0 fully saturated rings. The van der Waals surface area contributed by atoms with Crippen LogP contribution >= 0.6 is 23.2 Å². The van der Waals surface area contributed by atoms with E-state index < -0.39 is 17.9 Å². The summed E-state index contributed by atoms with van der Waals surface area (Å²) in [7, 11) is 0.